The van der Waals surface area contributed by atoms with Crippen molar-refractivity contribution >= 4 is 11.6 Å². The second-order valence-electron chi connectivity index (χ2n) is 7.42. The molecule has 2 aromatic carbocycles. The van der Waals surface area contributed by atoms with Gasteiger partial charge in [0, 0.05) is 24.3 Å². The number of hydrogen-bond acceptors (Lipinski definition) is 5. The van der Waals surface area contributed by atoms with E-state index < -0.39 is 0 Å². The summed E-state index contributed by atoms with van der Waals surface area (Å²) in [5.41, 5.74) is 5.18. The van der Waals surface area contributed by atoms with Crippen molar-refractivity contribution in [1.29, 1.82) is 5.26 Å². The number of amides is 1. The van der Waals surface area contributed by atoms with Crippen molar-refractivity contribution in [2.45, 2.75) is 25.3 Å². The van der Waals surface area contributed by atoms with Gasteiger partial charge in [-0.1, -0.05) is 30.3 Å². The van der Waals surface area contributed by atoms with Gasteiger partial charge in [0.05, 0.1) is 0 Å². The summed E-state index contributed by atoms with van der Waals surface area (Å²) in [6, 6.07) is 14.0. The van der Waals surface area contributed by atoms with Gasteiger partial charge < -0.3 is 9.88 Å². The fraction of sp³-hybridized carbons (Fsp3) is 0.273. The lowest BCUT2D eigenvalue weighted by Gasteiger charge is -2.25. The molecule has 1 N–H and O–H groups in total. The van der Waals surface area contributed by atoms with E-state index >= 15 is 0 Å². The first-order chi connectivity index (χ1) is 14.3. The molecule has 2 aliphatic rings. The summed E-state index contributed by atoms with van der Waals surface area (Å²) in [6.07, 6.45) is 6.12. The minimum atomic E-state index is -0.361. The molecular formula is C22H20N6O. The second kappa shape index (κ2) is 7.06. The number of carbonyl (C=O) groups excluding carboxylic acids is 1. The van der Waals surface area contributed by atoms with Gasteiger partial charge in [-0.2, -0.15) is 5.26 Å². The van der Waals surface area contributed by atoms with E-state index in [0.29, 0.717) is 18.9 Å². The first-order valence-corrected chi connectivity index (χ1v) is 9.83. The Balaban J connectivity index is 1.62. The van der Waals surface area contributed by atoms with Crippen LogP contribution in [0.3, 0.4) is 0 Å². The summed E-state index contributed by atoms with van der Waals surface area (Å²) in [5, 5.41) is 17.4. The predicted octanol–water partition coefficient (Wildman–Crippen LogP) is 2.97. The lowest BCUT2D eigenvalue weighted by atomic mass is 9.95. The molecule has 2 aliphatic heterocycles. The molecule has 0 spiro atoms. The van der Waals surface area contributed by atoms with Gasteiger partial charge in [-0.3, -0.25) is 9.69 Å². The molecule has 1 atom stereocenters. The number of anilines is 1. The molecule has 0 bridgehead atoms. The molecule has 1 aromatic heterocycles. The van der Waals surface area contributed by atoms with Crippen LogP contribution in [-0.2, 0) is 11.2 Å². The fourth-order valence-corrected chi connectivity index (χ4v) is 4.41. The normalized spacial score (nSPS) is 18.0. The summed E-state index contributed by atoms with van der Waals surface area (Å²) in [4.78, 5) is 19.8. The molecule has 3 heterocycles. The Hall–Kier alpha value is -3.66. The molecule has 1 amide bonds. The first kappa shape index (κ1) is 17.4. The van der Waals surface area contributed by atoms with Gasteiger partial charge in [-0.15, -0.1) is 10.2 Å². The van der Waals surface area contributed by atoms with Crippen molar-refractivity contribution in [3.05, 3.63) is 54.4 Å². The molecule has 144 valence electrons. The number of nitrogens with zero attached hydrogens (tertiary/aromatic N) is 5. The zero-order valence-electron chi connectivity index (χ0n) is 15.9. The van der Waals surface area contributed by atoms with Gasteiger partial charge in [-0.25, -0.2) is 0 Å². The van der Waals surface area contributed by atoms with Crippen molar-refractivity contribution in [2.24, 2.45) is 0 Å². The van der Waals surface area contributed by atoms with Crippen molar-refractivity contribution in [3.8, 4) is 28.7 Å². The lowest BCUT2D eigenvalue weighted by molar-refractivity contribution is -0.121. The average molecular weight is 384 g/mol. The predicted molar refractivity (Wildman–Crippen MR) is 109 cm³/mol. The highest BCUT2D eigenvalue weighted by Gasteiger charge is 2.37. The minimum Gasteiger partial charge on any atom is -0.328 e. The van der Waals surface area contributed by atoms with E-state index in [4.69, 9.17) is 0 Å². The minimum absolute atomic E-state index is 0.0107. The van der Waals surface area contributed by atoms with Crippen LogP contribution in [0.2, 0.25) is 0 Å². The molecule has 1 fully saturated rings. The number of carbonyl (C=O) groups is 1. The number of nitrogens with one attached hydrogen (secondary N) is 1. The van der Waals surface area contributed by atoms with E-state index in [0.717, 1.165) is 47.2 Å². The number of aromatic amines is 1. The largest absolute Gasteiger partial charge is 0.328 e. The standard InChI is InChI=1S/C22H20N6O/c23-13-27-9-4-7-19(27)22(29)28-10-8-17-18(15-5-2-1-3-6-15)11-16(12-20(17)28)21-24-14-25-26-21/h1-3,5-6,11-12,14,19H,4,7-10H2,(H,24,25,26)/t19-/m0/s1. The number of nitriles is 1. The Bertz CT molecular complexity index is 1090. The molecule has 1 saturated heterocycles. The summed E-state index contributed by atoms with van der Waals surface area (Å²) in [5.74, 6) is 0.681. The van der Waals surface area contributed by atoms with E-state index in [9.17, 15) is 10.1 Å². The lowest BCUT2D eigenvalue weighted by Crippen LogP contribution is -2.43. The van der Waals surface area contributed by atoms with Crippen molar-refractivity contribution in [2.75, 3.05) is 18.0 Å². The van der Waals surface area contributed by atoms with E-state index in [1.54, 1.807) is 11.2 Å². The van der Waals surface area contributed by atoms with Crippen LogP contribution in [0.5, 0.6) is 0 Å². The average Bonchev–Trinajstić information content (AvgIpc) is 3.53. The zero-order chi connectivity index (χ0) is 19.8. The van der Waals surface area contributed by atoms with Gasteiger partial charge in [0.15, 0.2) is 12.0 Å². The van der Waals surface area contributed by atoms with E-state index in [1.165, 1.54) is 0 Å². The van der Waals surface area contributed by atoms with Crippen molar-refractivity contribution < 1.29 is 4.79 Å². The molecule has 5 rings (SSSR count). The third-order valence-corrected chi connectivity index (χ3v) is 5.81. The third-order valence-electron chi connectivity index (χ3n) is 5.81. The number of benzene rings is 2. The molecule has 0 radical (unpaired) electrons. The number of fused-ring (bicyclic) bond motifs is 1. The summed E-state index contributed by atoms with van der Waals surface area (Å²) < 4.78 is 0. The SMILES string of the molecule is N#CN1CCC[C@H]1C(=O)N1CCc2c(-c3ccccc3)cc(-c3nnc[nH]3)cc21. The van der Waals surface area contributed by atoms with Crippen molar-refractivity contribution in [1.82, 2.24) is 20.1 Å². The molecule has 3 aromatic rings. The van der Waals surface area contributed by atoms with Crippen LogP contribution < -0.4 is 4.90 Å². The number of likely N-dealkylation sites (tertiary alicyclic amines) is 1. The Kier molecular flexibility index (Phi) is 4.24. The van der Waals surface area contributed by atoms with E-state index in [2.05, 4.69) is 39.6 Å². The Morgan fingerprint density at radius 2 is 2.03 bits per heavy atom. The van der Waals surface area contributed by atoms with Gasteiger partial charge in [0.25, 0.3) is 0 Å². The maximum Gasteiger partial charge on any atom is 0.250 e. The van der Waals surface area contributed by atoms with Crippen LogP contribution in [0.4, 0.5) is 5.69 Å². The maximum absolute atomic E-state index is 13.3. The van der Waals surface area contributed by atoms with Gasteiger partial charge in [0.2, 0.25) is 5.91 Å². The highest BCUT2D eigenvalue weighted by Crippen LogP contribution is 2.40. The Labute approximate surface area is 168 Å². The topological polar surface area (TPSA) is 88.9 Å². The van der Waals surface area contributed by atoms with E-state index in [-0.39, 0.29) is 11.9 Å². The fourth-order valence-electron chi connectivity index (χ4n) is 4.41. The monoisotopic (exact) mass is 384 g/mol. The molecule has 7 nitrogen and oxygen atoms in total. The van der Waals surface area contributed by atoms with Gasteiger partial charge in [-0.05, 0) is 48.1 Å². The van der Waals surface area contributed by atoms with Crippen LogP contribution in [0.15, 0.2) is 48.8 Å². The Morgan fingerprint density at radius 3 is 2.79 bits per heavy atom. The van der Waals surface area contributed by atoms with Crippen LogP contribution in [0.25, 0.3) is 22.5 Å². The van der Waals surface area contributed by atoms with Gasteiger partial charge >= 0.3 is 0 Å². The molecule has 0 aliphatic carbocycles. The van der Waals surface area contributed by atoms with Gasteiger partial charge in [0.1, 0.15) is 12.4 Å². The second-order valence-corrected chi connectivity index (χ2v) is 7.42. The van der Waals surface area contributed by atoms with Crippen LogP contribution in [0, 0.1) is 11.5 Å². The molecule has 29 heavy (non-hydrogen) atoms. The van der Waals surface area contributed by atoms with Crippen LogP contribution >= 0.6 is 0 Å². The third kappa shape index (κ3) is 2.93. The van der Waals surface area contributed by atoms with E-state index in [1.807, 2.05) is 29.2 Å². The van der Waals surface area contributed by atoms with Crippen LogP contribution in [0.1, 0.15) is 18.4 Å². The summed E-state index contributed by atoms with van der Waals surface area (Å²) >= 11 is 0. The van der Waals surface area contributed by atoms with Crippen molar-refractivity contribution in [3.63, 3.8) is 0 Å². The quantitative estimate of drug-likeness (QED) is 0.701. The van der Waals surface area contributed by atoms with Crippen LogP contribution in [-0.4, -0.2) is 45.1 Å². The summed E-state index contributed by atoms with van der Waals surface area (Å²) in [6.45, 7) is 1.28. The maximum atomic E-state index is 13.3. The smallest absolute Gasteiger partial charge is 0.250 e. The molecule has 0 saturated carbocycles. The molecular weight excluding hydrogens is 364 g/mol. The highest BCUT2D eigenvalue weighted by molar-refractivity contribution is 6.01. The number of rotatable bonds is 3. The molecule has 0 unspecified atom stereocenters. The number of H-pyrrole nitrogens is 1. The number of hydrogen-bond donors (Lipinski definition) is 1. The summed E-state index contributed by atoms with van der Waals surface area (Å²) in [7, 11) is 0. The molecule has 7 heteroatoms. The Morgan fingerprint density at radius 1 is 1.17 bits per heavy atom. The zero-order valence-corrected chi connectivity index (χ0v) is 15.9. The first-order valence-electron chi connectivity index (χ1n) is 9.83. The highest BCUT2D eigenvalue weighted by atomic mass is 16.2. The number of aromatic nitrogens is 3.